The summed E-state index contributed by atoms with van der Waals surface area (Å²) < 4.78 is 31.8. The van der Waals surface area contributed by atoms with Crippen LogP contribution in [-0.2, 0) is 19.6 Å². The number of benzene rings is 2. The van der Waals surface area contributed by atoms with Crippen molar-refractivity contribution < 1.29 is 17.9 Å². The molecule has 28 heavy (non-hydrogen) atoms. The van der Waals surface area contributed by atoms with Gasteiger partial charge in [0.1, 0.15) is 0 Å². The quantitative estimate of drug-likeness (QED) is 0.576. The molecule has 0 saturated carbocycles. The van der Waals surface area contributed by atoms with E-state index < -0.39 is 10.0 Å². The van der Waals surface area contributed by atoms with Crippen LogP contribution in [0.4, 0.5) is 5.69 Å². The van der Waals surface area contributed by atoms with Gasteiger partial charge in [-0.15, -0.1) is 11.8 Å². The van der Waals surface area contributed by atoms with Gasteiger partial charge in [0, 0.05) is 29.7 Å². The molecule has 1 aliphatic heterocycles. The number of carbonyl (C=O) groups excluding carboxylic acids is 1. The fourth-order valence-corrected chi connectivity index (χ4v) is 4.53. The molecule has 0 bridgehead atoms. The normalized spacial score (nSPS) is 15.6. The van der Waals surface area contributed by atoms with Crippen LogP contribution in [0.1, 0.15) is 5.56 Å². The van der Waals surface area contributed by atoms with E-state index in [0.29, 0.717) is 26.3 Å². The van der Waals surface area contributed by atoms with Crippen LogP contribution < -0.4 is 5.32 Å². The van der Waals surface area contributed by atoms with Crippen molar-refractivity contribution in [2.24, 2.45) is 0 Å². The molecule has 0 atom stereocenters. The maximum Gasteiger partial charge on any atom is 0.248 e. The van der Waals surface area contributed by atoms with Gasteiger partial charge in [-0.25, -0.2) is 8.42 Å². The fourth-order valence-electron chi connectivity index (χ4n) is 2.72. The predicted molar refractivity (Wildman–Crippen MR) is 112 cm³/mol. The largest absolute Gasteiger partial charge is 0.379 e. The summed E-state index contributed by atoms with van der Waals surface area (Å²) in [4.78, 5) is 13.4. The molecule has 1 heterocycles. The van der Waals surface area contributed by atoms with Crippen LogP contribution in [0.5, 0.6) is 0 Å². The van der Waals surface area contributed by atoms with Crippen LogP contribution >= 0.6 is 11.8 Å². The van der Waals surface area contributed by atoms with Gasteiger partial charge in [0.05, 0.1) is 18.1 Å². The smallest absolute Gasteiger partial charge is 0.248 e. The van der Waals surface area contributed by atoms with Gasteiger partial charge in [-0.2, -0.15) is 4.31 Å². The summed E-state index contributed by atoms with van der Waals surface area (Å²) >= 11 is 1.64. The van der Waals surface area contributed by atoms with Crippen LogP contribution in [0.25, 0.3) is 6.08 Å². The highest BCUT2D eigenvalue weighted by atomic mass is 32.2. The number of anilines is 1. The van der Waals surface area contributed by atoms with E-state index in [1.54, 1.807) is 42.1 Å². The molecule has 148 valence electrons. The Morgan fingerprint density at radius 1 is 1.07 bits per heavy atom. The molecule has 8 heteroatoms. The Labute approximate surface area is 169 Å². The number of ether oxygens (including phenoxy) is 1. The molecule has 1 fully saturated rings. The van der Waals surface area contributed by atoms with Crippen molar-refractivity contribution in [3.05, 3.63) is 60.2 Å². The van der Waals surface area contributed by atoms with E-state index >= 15 is 0 Å². The molecule has 2 aromatic carbocycles. The molecular formula is C20H22N2O4S2. The van der Waals surface area contributed by atoms with Gasteiger partial charge >= 0.3 is 0 Å². The van der Waals surface area contributed by atoms with E-state index in [2.05, 4.69) is 5.32 Å². The number of hydrogen-bond acceptors (Lipinski definition) is 5. The molecule has 0 aromatic heterocycles. The van der Waals surface area contributed by atoms with Gasteiger partial charge in [0.25, 0.3) is 0 Å². The molecule has 0 unspecified atom stereocenters. The highest BCUT2D eigenvalue weighted by molar-refractivity contribution is 7.98. The third kappa shape index (κ3) is 5.23. The van der Waals surface area contributed by atoms with E-state index in [1.807, 2.05) is 30.5 Å². The number of nitrogens with zero attached hydrogens (tertiary/aromatic N) is 1. The SMILES string of the molecule is CSc1ccc(NC(=O)/C=C/c2ccc(S(=O)(=O)N3CCOCC3)cc2)cc1. The minimum Gasteiger partial charge on any atom is -0.379 e. The monoisotopic (exact) mass is 418 g/mol. The minimum absolute atomic E-state index is 0.241. The van der Waals surface area contributed by atoms with Crippen LogP contribution in [0, 0.1) is 0 Å². The maximum atomic E-state index is 12.6. The van der Waals surface area contributed by atoms with E-state index in [9.17, 15) is 13.2 Å². The summed E-state index contributed by atoms with van der Waals surface area (Å²) in [7, 11) is -3.51. The summed E-state index contributed by atoms with van der Waals surface area (Å²) in [5.74, 6) is -0.248. The van der Waals surface area contributed by atoms with Crippen LogP contribution in [0.15, 0.2) is 64.4 Å². The minimum atomic E-state index is -3.51. The van der Waals surface area contributed by atoms with E-state index in [1.165, 1.54) is 10.4 Å². The summed E-state index contributed by atoms with van der Waals surface area (Å²) in [5.41, 5.74) is 1.47. The first-order valence-electron chi connectivity index (χ1n) is 8.80. The van der Waals surface area contributed by atoms with Gasteiger partial charge in [-0.1, -0.05) is 12.1 Å². The van der Waals surface area contributed by atoms with Crippen LogP contribution in [0.3, 0.4) is 0 Å². The van der Waals surface area contributed by atoms with Crippen molar-refractivity contribution in [2.75, 3.05) is 37.9 Å². The lowest BCUT2D eigenvalue weighted by molar-refractivity contribution is -0.111. The lowest BCUT2D eigenvalue weighted by Gasteiger charge is -2.26. The molecule has 1 N–H and O–H groups in total. The molecule has 0 spiro atoms. The second-order valence-corrected chi connectivity index (χ2v) is 8.95. The van der Waals surface area contributed by atoms with Gasteiger partial charge in [0.15, 0.2) is 0 Å². The Bertz CT molecular complexity index is 933. The Balaban J connectivity index is 1.62. The zero-order valence-electron chi connectivity index (χ0n) is 15.5. The molecule has 1 saturated heterocycles. The number of amides is 1. The lowest BCUT2D eigenvalue weighted by Crippen LogP contribution is -2.40. The number of nitrogens with one attached hydrogen (secondary N) is 1. The molecular weight excluding hydrogens is 396 g/mol. The predicted octanol–water partition coefficient (Wildman–Crippen LogP) is 3.08. The van der Waals surface area contributed by atoms with Crippen molar-refractivity contribution in [1.29, 1.82) is 0 Å². The van der Waals surface area contributed by atoms with Crippen LogP contribution in [-0.4, -0.2) is 51.2 Å². The second kappa shape index (κ2) is 9.38. The van der Waals surface area contributed by atoms with Gasteiger partial charge < -0.3 is 10.1 Å². The van der Waals surface area contributed by atoms with Crippen molar-refractivity contribution >= 4 is 39.5 Å². The molecule has 3 rings (SSSR count). The van der Waals surface area contributed by atoms with Crippen molar-refractivity contribution in [2.45, 2.75) is 9.79 Å². The molecule has 1 aliphatic rings. The molecule has 2 aromatic rings. The first kappa shape index (κ1) is 20.6. The zero-order chi connectivity index (χ0) is 20.0. The van der Waals surface area contributed by atoms with E-state index in [4.69, 9.17) is 4.74 Å². The summed E-state index contributed by atoms with van der Waals surface area (Å²) in [6, 6.07) is 14.1. The summed E-state index contributed by atoms with van der Waals surface area (Å²) in [6.45, 7) is 1.55. The lowest BCUT2D eigenvalue weighted by atomic mass is 10.2. The Hall–Kier alpha value is -2.13. The number of morpholine rings is 1. The number of rotatable bonds is 6. The average molecular weight is 419 g/mol. The zero-order valence-corrected chi connectivity index (χ0v) is 17.1. The Morgan fingerprint density at radius 3 is 2.32 bits per heavy atom. The first-order chi connectivity index (χ1) is 13.5. The highest BCUT2D eigenvalue weighted by Gasteiger charge is 2.25. The van der Waals surface area contributed by atoms with Gasteiger partial charge in [-0.3, -0.25) is 4.79 Å². The Kier molecular flexibility index (Phi) is 6.90. The third-order valence-corrected chi connectivity index (χ3v) is 6.93. The van der Waals surface area contributed by atoms with E-state index in [-0.39, 0.29) is 10.8 Å². The van der Waals surface area contributed by atoms with Gasteiger partial charge in [-0.05, 0) is 54.3 Å². The average Bonchev–Trinajstić information content (AvgIpc) is 2.74. The van der Waals surface area contributed by atoms with Crippen molar-refractivity contribution in [1.82, 2.24) is 4.31 Å². The molecule has 0 radical (unpaired) electrons. The second-order valence-electron chi connectivity index (χ2n) is 6.14. The number of hydrogen-bond donors (Lipinski definition) is 1. The number of thioether (sulfide) groups is 1. The molecule has 6 nitrogen and oxygen atoms in total. The number of sulfonamides is 1. The molecule has 1 amide bonds. The number of carbonyl (C=O) groups is 1. The van der Waals surface area contributed by atoms with E-state index in [0.717, 1.165) is 16.1 Å². The topological polar surface area (TPSA) is 75.7 Å². The third-order valence-electron chi connectivity index (χ3n) is 4.27. The summed E-state index contributed by atoms with van der Waals surface area (Å²) in [6.07, 6.45) is 5.07. The summed E-state index contributed by atoms with van der Waals surface area (Å²) in [5, 5.41) is 2.79. The standard InChI is InChI=1S/C20H22N2O4S2/c1-27-18-7-5-17(6-8-18)21-20(23)11-4-16-2-9-19(10-3-16)28(24,25)22-12-14-26-15-13-22/h2-11H,12-15H2,1H3,(H,21,23)/b11-4+. The van der Waals surface area contributed by atoms with Crippen molar-refractivity contribution in [3.63, 3.8) is 0 Å². The Morgan fingerprint density at radius 2 is 1.71 bits per heavy atom. The first-order valence-corrected chi connectivity index (χ1v) is 11.5. The van der Waals surface area contributed by atoms with Crippen molar-refractivity contribution in [3.8, 4) is 0 Å². The fraction of sp³-hybridized carbons (Fsp3) is 0.250. The van der Waals surface area contributed by atoms with Gasteiger partial charge in [0.2, 0.25) is 15.9 Å². The molecule has 0 aliphatic carbocycles. The van der Waals surface area contributed by atoms with Crippen LogP contribution in [0.2, 0.25) is 0 Å². The highest BCUT2D eigenvalue weighted by Crippen LogP contribution is 2.19. The maximum absolute atomic E-state index is 12.6.